The van der Waals surface area contributed by atoms with E-state index in [9.17, 15) is 13.2 Å². The predicted octanol–water partition coefficient (Wildman–Crippen LogP) is 3.60. The largest absolute Gasteiger partial charge is 0.401 e. The molecule has 0 aromatic heterocycles. The highest BCUT2D eigenvalue weighted by atomic mass is 35.5. The Hall–Kier alpha value is -0.740. The third-order valence-corrected chi connectivity index (χ3v) is 2.46. The first-order chi connectivity index (χ1) is 7.90. The maximum Gasteiger partial charge on any atom is 0.401 e. The SMILES string of the molecule is Cc1cccc(CN(CCCl)CC(F)(F)F)c1. The molecule has 0 amide bonds. The highest BCUT2D eigenvalue weighted by molar-refractivity contribution is 6.18. The van der Waals surface area contributed by atoms with Gasteiger partial charge in [-0.15, -0.1) is 11.6 Å². The van der Waals surface area contributed by atoms with E-state index in [1.807, 2.05) is 31.2 Å². The molecule has 0 aliphatic carbocycles. The first-order valence-electron chi connectivity index (χ1n) is 5.31. The molecule has 1 rings (SSSR count). The Morgan fingerprint density at radius 1 is 1.29 bits per heavy atom. The predicted molar refractivity (Wildman–Crippen MR) is 63.2 cm³/mol. The van der Waals surface area contributed by atoms with E-state index in [0.29, 0.717) is 0 Å². The van der Waals surface area contributed by atoms with E-state index in [1.54, 1.807) is 0 Å². The molecule has 17 heavy (non-hydrogen) atoms. The van der Waals surface area contributed by atoms with Crippen molar-refractivity contribution in [1.82, 2.24) is 4.90 Å². The second-order valence-corrected chi connectivity index (χ2v) is 4.38. The highest BCUT2D eigenvalue weighted by Gasteiger charge is 2.30. The minimum absolute atomic E-state index is 0.196. The zero-order valence-corrected chi connectivity index (χ0v) is 10.4. The average Bonchev–Trinajstić information content (AvgIpc) is 2.15. The summed E-state index contributed by atoms with van der Waals surface area (Å²) in [5.41, 5.74) is 1.92. The minimum Gasteiger partial charge on any atom is -0.290 e. The van der Waals surface area contributed by atoms with Crippen LogP contribution >= 0.6 is 11.6 Å². The van der Waals surface area contributed by atoms with E-state index >= 15 is 0 Å². The quantitative estimate of drug-likeness (QED) is 0.736. The summed E-state index contributed by atoms with van der Waals surface area (Å²) in [5.74, 6) is 0.196. The smallest absolute Gasteiger partial charge is 0.290 e. The summed E-state index contributed by atoms with van der Waals surface area (Å²) in [6.07, 6.45) is -4.18. The van der Waals surface area contributed by atoms with Crippen molar-refractivity contribution >= 4 is 11.6 Å². The number of hydrogen-bond donors (Lipinski definition) is 0. The van der Waals surface area contributed by atoms with E-state index in [-0.39, 0.29) is 19.0 Å². The van der Waals surface area contributed by atoms with Gasteiger partial charge in [0.15, 0.2) is 0 Å². The van der Waals surface area contributed by atoms with Crippen molar-refractivity contribution in [2.45, 2.75) is 19.6 Å². The van der Waals surface area contributed by atoms with Gasteiger partial charge in [-0.05, 0) is 12.5 Å². The van der Waals surface area contributed by atoms with Crippen LogP contribution < -0.4 is 0 Å². The van der Waals surface area contributed by atoms with Crippen molar-refractivity contribution in [2.75, 3.05) is 19.0 Å². The Balaban J connectivity index is 2.66. The normalized spacial score (nSPS) is 12.1. The molecule has 5 heteroatoms. The molecular weight excluding hydrogens is 251 g/mol. The third-order valence-electron chi connectivity index (χ3n) is 2.29. The second-order valence-electron chi connectivity index (χ2n) is 4.00. The van der Waals surface area contributed by atoms with Gasteiger partial charge in [0.2, 0.25) is 0 Å². The molecular formula is C12H15ClF3N. The molecule has 0 bridgehead atoms. The van der Waals surface area contributed by atoms with Crippen molar-refractivity contribution in [3.8, 4) is 0 Å². The molecule has 1 nitrogen and oxygen atoms in total. The van der Waals surface area contributed by atoms with Gasteiger partial charge in [0.1, 0.15) is 0 Å². The zero-order chi connectivity index (χ0) is 12.9. The molecule has 0 atom stereocenters. The zero-order valence-electron chi connectivity index (χ0n) is 9.60. The first kappa shape index (κ1) is 14.3. The average molecular weight is 266 g/mol. The molecule has 0 saturated carbocycles. The van der Waals surface area contributed by atoms with E-state index in [1.165, 1.54) is 4.90 Å². The monoisotopic (exact) mass is 265 g/mol. The lowest BCUT2D eigenvalue weighted by Gasteiger charge is -2.22. The van der Waals surface area contributed by atoms with Gasteiger partial charge < -0.3 is 0 Å². The summed E-state index contributed by atoms with van der Waals surface area (Å²) in [4.78, 5) is 1.31. The van der Waals surface area contributed by atoms with E-state index in [4.69, 9.17) is 11.6 Å². The molecule has 0 unspecified atom stereocenters. The fourth-order valence-electron chi connectivity index (χ4n) is 1.66. The molecule has 1 aromatic rings. The summed E-state index contributed by atoms with van der Waals surface area (Å²) >= 11 is 5.51. The Kier molecular flexibility index (Phi) is 5.28. The van der Waals surface area contributed by atoms with Crippen LogP contribution in [0.2, 0.25) is 0 Å². The lowest BCUT2D eigenvalue weighted by atomic mass is 10.1. The standard InChI is InChI=1S/C12H15ClF3N/c1-10-3-2-4-11(7-10)8-17(6-5-13)9-12(14,15)16/h2-4,7H,5-6,8-9H2,1H3. The van der Waals surface area contributed by atoms with Crippen molar-refractivity contribution in [3.63, 3.8) is 0 Å². The topological polar surface area (TPSA) is 3.24 Å². The van der Waals surface area contributed by atoms with E-state index < -0.39 is 12.7 Å². The van der Waals surface area contributed by atoms with Crippen molar-refractivity contribution < 1.29 is 13.2 Å². The van der Waals surface area contributed by atoms with Crippen LogP contribution in [0.3, 0.4) is 0 Å². The first-order valence-corrected chi connectivity index (χ1v) is 5.85. The Bertz CT molecular complexity index is 352. The van der Waals surface area contributed by atoms with Gasteiger partial charge in [0.05, 0.1) is 6.54 Å². The lowest BCUT2D eigenvalue weighted by Crippen LogP contribution is -2.35. The number of aryl methyl sites for hydroxylation is 1. The molecule has 0 fully saturated rings. The molecule has 0 N–H and O–H groups in total. The number of benzene rings is 1. The van der Waals surface area contributed by atoms with Crippen LogP contribution in [0.5, 0.6) is 0 Å². The second kappa shape index (κ2) is 6.26. The minimum atomic E-state index is -4.18. The number of alkyl halides is 4. The van der Waals surface area contributed by atoms with Crippen LogP contribution in [-0.2, 0) is 6.54 Å². The van der Waals surface area contributed by atoms with Gasteiger partial charge in [-0.1, -0.05) is 29.8 Å². The van der Waals surface area contributed by atoms with E-state index in [0.717, 1.165) is 11.1 Å². The van der Waals surface area contributed by atoms with Gasteiger partial charge in [-0.2, -0.15) is 13.2 Å². The molecule has 1 aromatic carbocycles. The Morgan fingerprint density at radius 2 is 2.00 bits per heavy atom. The van der Waals surface area contributed by atoms with Crippen LogP contribution in [0.4, 0.5) is 13.2 Å². The number of nitrogens with zero attached hydrogens (tertiary/aromatic N) is 1. The number of halogens is 4. The van der Waals surface area contributed by atoms with E-state index in [2.05, 4.69) is 0 Å². The van der Waals surface area contributed by atoms with Crippen LogP contribution in [0.1, 0.15) is 11.1 Å². The molecule has 0 aliphatic heterocycles. The summed E-state index contributed by atoms with van der Waals surface area (Å²) in [6.45, 7) is 1.50. The molecule has 0 spiro atoms. The molecule has 0 aliphatic rings. The van der Waals surface area contributed by atoms with Crippen molar-refractivity contribution in [2.24, 2.45) is 0 Å². The van der Waals surface area contributed by atoms with Gasteiger partial charge in [0.25, 0.3) is 0 Å². The third kappa shape index (κ3) is 5.94. The van der Waals surface area contributed by atoms with Gasteiger partial charge in [-0.25, -0.2) is 0 Å². The van der Waals surface area contributed by atoms with Crippen LogP contribution in [-0.4, -0.2) is 30.0 Å². The molecule has 0 saturated heterocycles. The van der Waals surface area contributed by atoms with Crippen molar-refractivity contribution in [1.29, 1.82) is 0 Å². The summed E-state index contributed by atoms with van der Waals surface area (Å²) in [6, 6.07) is 7.47. The summed E-state index contributed by atoms with van der Waals surface area (Å²) in [5, 5.41) is 0. The fourth-order valence-corrected chi connectivity index (χ4v) is 1.89. The van der Waals surface area contributed by atoms with Crippen LogP contribution in [0.15, 0.2) is 24.3 Å². The Morgan fingerprint density at radius 3 is 2.53 bits per heavy atom. The number of hydrogen-bond acceptors (Lipinski definition) is 1. The highest BCUT2D eigenvalue weighted by Crippen LogP contribution is 2.18. The molecule has 0 heterocycles. The van der Waals surface area contributed by atoms with Gasteiger partial charge in [-0.3, -0.25) is 4.90 Å². The van der Waals surface area contributed by atoms with Crippen LogP contribution in [0.25, 0.3) is 0 Å². The summed E-state index contributed by atoms with van der Waals surface area (Å²) < 4.78 is 37.0. The number of rotatable bonds is 5. The molecule has 0 radical (unpaired) electrons. The maximum atomic E-state index is 12.3. The molecule has 96 valence electrons. The maximum absolute atomic E-state index is 12.3. The Labute approximate surface area is 104 Å². The fraction of sp³-hybridized carbons (Fsp3) is 0.500. The van der Waals surface area contributed by atoms with Crippen LogP contribution in [0, 0.1) is 6.92 Å². The summed E-state index contributed by atoms with van der Waals surface area (Å²) in [7, 11) is 0. The lowest BCUT2D eigenvalue weighted by molar-refractivity contribution is -0.146. The van der Waals surface area contributed by atoms with Gasteiger partial charge in [0, 0.05) is 19.0 Å². The van der Waals surface area contributed by atoms with Crippen molar-refractivity contribution in [3.05, 3.63) is 35.4 Å². The van der Waals surface area contributed by atoms with Gasteiger partial charge >= 0.3 is 6.18 Å².